The lowest BCUT2D eigenvalue weighted by Crippen LogP contribution is -2.66. The summed E-state index contributed by atoms with van der Waals surface area (Å²) >= 11 is 0. The summed E-state index contributed by atoms with van der Waals surface area (Å²) in [7, 11) is -2.88. The van der Waals surface area contributed by atoms with Crippen molar-refractivity contribution in [2.45, 2.75) is 64.1 Å². The molecule has 2 aromatic carbocycles. The lowest BCUT2D eigenvalue weighted by atomic mass is 9.98. The topological polar surface area (TPSA) is 44.8 Å². The molecule has 0 saturated carbocycles. The molecule has 4 nitrogen and oxygen atoms in total. The van der Waals surface area contributed by atoms with Crippen molar-refractivity contribution in [1.29, 1.82) is 0 Å². The standard InChI is InChI=1S/C26H31FO4Si/c1-24(2,3)32(18-13-9-7-10-14-18,19-15-11-8-12-16-19)29-17-20-21(27)22(28)26(6)23(20)30-25(4,5)31-26/h7-16,23H,17H2,1-6H3/t23-,26+/m1/s1. The van der Waals surface area contributed by atoms with Crippen LogP contribution in [0.5, 0.6) is 0 Å². The van der Waals surface area contributed by atoms with Crippen molar-refractivity contribution in [2.75, 3.05) is 6.61 Å². The number of hydrogen-bond acceptors (Lipinski definition) is 4. The molecule has 170 valence electrons. The van der Waals surface area contributed by atoms with Crippen LogP contribution in [0.4, 0.5) is 4.39 Å². The Morgan fingerprint density at radius 2 is 1.47 bits per heavy atom. The molecule has 0 bridgehead atoms. The van der Waals surface area contributed by atoms with Gasteiger partial charge in [-0.05, 0) is 36.2 Å². The highest BCUT2D eigenvalue weighted by Gasteiger charge is 2.63. The van der Waals surface area contributed by atoms with Gasteiger partial charge < -0.3 is 13.9 Å². The van der Waals surface area contributed by atoms with E-state index in [4.69, 9.17) is 13.9 Å². The number of fused-ring (bicyclic) bond motifs is 1. The normalized spacial score (nSPS) is 25.3. The van der Waals surface area contributed by atoms with E-state index in [1.54, 1.807) is 20.8 Å². The fourth-order valence-corrected chi connectivity index (χ4v) is 9.65. The van der Waals surface area contributed by atoms with Gasteiger partial charge in [-0.25, -0.2) is 4.39 Å². The Morgan fingerprint density at radius 3 is 1.94 bits per heavy atom. The van der Waals surface area contributed by atoms with E-state index >= 15 is 4.39 Å². The second-order valence-electron chi connectivity index (χ2n) is 10.2. The SMILES string of the molecule is CC1(C)O[C@@H]2C(CO[Si](c3ccccc3)(c3ccccc3)C(C)(C)C)=C(F)C(=O)[C@]2(C)O1. The summed E-state index contributed by atoms with van der Waals surface area (Å²) in [6.45, 7) is 11.5. The Balaban J connectivity index is 1.79. The average molecular weight is 455 g/mol. The molecule has 0 radical (unpaired) electrons. The number of ketones is 1. The average Bonchev–Trinajstić information content (AvgIpc) is 3.08. The van der Waals surface area contributed by atoms with Gasteiger partial charge in [0.2, 0.25) is 5.78 Å². The molecule has 2 atom stereocenters. The zero-order chi connectivity index (χ0) is 23.4. The van der Waals surface area contributed by atoms with E-state index in [-0.39, 0.29) is 17.2 Å². The molecule has 2 aliphatic rings. The summed E-state index contributed by atoms with van der Waals surface area (Å²) in [6, 6.07) is 20.3. The Kier molecular flexibility index (Phi) is 5.57. The van der Waals surface area contributed by atoms with E-state index in [2.05, 4.69) is 45.0 Å². The lowest BCUT2D eigenvalue weighted by Gasteiger charge is -2.43. The monoisotopic (exact) mass is 454 g/mol. The van der Waals surface area contributed by atoms with Gasteiger partial charge in [-0.2, -0.15) is 0 Å². The van der Waals surface area contributed by atoms with Crippen molar-refractivity contribution in [1.82, 2.24) is 0 Å². The molecule has 2 aromatic rings. The van der Waals surface area contributed by atoms with Crippen molar-refractivity contribution < 1.29 is 23.1 Å². The third-order valence-electron chi connectivity index (χ3n) is 6.47. The molecule has 0 aromatic heterocycles. The molecule has 4 rings (SSSR count). The van der Waals surface area contributed by atoms with Gasteiger partial charge in [-0.15, -0.1) is 0 Å². The molecule has 0 spiro atoms. The molecule has 0 amide bonds. The van der Waals surface area contributed by atoms with Gasteiger partial charge in [0.1, 0.15) is 6.10 Å². The molecule has 6 heteroatoms. The van der Waals surface area contributed by atoms with E-state index in [1.807, 2.05) is 36.4 Å². The molecule has 0 N–H and O–H groups in total. The minimum absolute atomic E-state index is 0.0372. The Morgan fingerprint density at radius 1 is 0.969 bits per heavy atom. The predicted molar refractivity (Wildman–Crippen MR) is 125 cm³/mol. The Hall–Kier alpha value is -2.12. The van der Waals surface area contributed by atoms with Crippen molar-refractivity contribution in [2.24, 2.45) is 0 Å². The number of carbonyl (C=O) groups excluding carboxylic acids is 1. The minimum Gasteiger partial charge on any atom is -0.403 e. The van der Waals surface area contributed by atoms with Gasteiger partial charge in [0.25, 0.3) is 8.32 Å². The summed E-state index contributed by atoms with van der Waals surface area (Å²) in [6.07, 6.45) is -0.803. The molecular formula is C26H31FO4Si. The number of hydrogen-bond donors (Lipinski definition) is 0. The van der Waals surface area contributed by atoms with Gasteiger partial charge in [0.15, 0.2) is 17.2 Å². The van der Waals surface area contributed by atoms with Gasteiger partial charge in [-0.3, -0.25) is 4.79 Å². The summed E-state index contributed by atoms with van der Waals surface area (Å²) < 4.78 is 33.9. The van der Waals surface area contributed by atoms with Gasteiger partial charge in [0, 0.05) is 5.57 Å². The second kappa shape index (κ2) is 7.73. The van der Waals surface area contributed by atoms with Crippen LogP contribution in [0.2, 0.25) is 5.04 Å². The molecule has 32 heavy (non-hydrogen) atoms. The van der Waals surface area contributed by atoms with E-state index in [1.165, 1.54) is 0 Å². The number of halogens is 1. The maximum absolute atomic E-state index is 15.2. The quantitative estimate of drug-likeness (QED) is 0.633. The smallest absolute Gasteiger partial charge is 0.261 e. The highest BCUT2D eigenvalue weighted by Crippen LogP contribution is 2.48. The van der Waals surface area contributed by atoms with Crippen LogP contribution in [0.15, 0.2) is 72.1 Å². The summed E-state index contributed by atoms with van der Waals surface area (Å²) in [5, 5.41) is 1.93. The van der Waals surface area contributed by atoms with E-state index in [9.17, 15) is 4.79 Å². The zero-order valence-electron chi connectivity index (χ0n) is 19.6. The highest BCUT2D eigenvalue weighted by molar-refractivity contribution is 6.99. The summed E-state index contributed by atoms with van der Waals surface area (Å²) in [4.78, 5) is 12.8. The predicted octanol–water partition coefficient (Wildman–Crippen LogP) is 4.28. The number of benzene rings is 2. The summed E-state index contributed by atoms with van der Waals surface area (Å²) in [5.74, 6) is -2.45. The van der Waals surface area contributed by atoms with E-state index in [0.29, 0.717) is 0 Å². The van der Waals surface area contributed by atoms with Crippen LogP contribution in [0, 0.1) is 0 Å². The van der Waals surface area contributed by atoms with Crippen molar-refractivity contribution in [3.05, 3.63) is 72.1 Å². The van der Waals surface area contributed by atoms with Crippen LogP contribution in [-0.4, -0.2) is 38.2 Å². The van der Waals surface area contributed by atoms with Crippen LogP contribution in [0.25, 0.3) is 0 Å². The van der Waals surface area contributed by atoms with Crippen LogP contribution in [0.1, 0.15) is 41.5 Å². The van der Waals surface area contributed by atoms with Crippen molar-refractivity contribution >= 4 is 24.5 Å². The molecule has 1 aliphatic heterocycles. The molecule has 1 fully saturated rings. The number of Topliss-reactive ketones (excluding diaryl/α,β-unsaturated/α-hetero) is 1. The maximum atomic E-state index is 15.2. The molecular weight excluding hydrogens is 423 g/mol. The van der Waals surface area contributed by atoms with E-state index in [0.717, 1.165) is 10.4 Å². The third kappa shape index (κ3) is 3.50. The molecule has 1 aliphatic carbocycles. The van der Waals surface area contributed by atoms with Gasteiger partial charge in [-0.1, -0.05) is 81.4 Å². The van der Waals surface area contributed by atoms with Crippen molar-refractivity contribution in [3.8, 4) is 0 Å². The largest absolute Gasteiger partial charge is 0.403 e. The number of ether oxygens (including phenoxy) is 2. The van der Waals surface area contributed by atoms with Crippen LogP contribution in [-0.2, 0) is 18.7 Å². The van der Waals surface area contributed by atoms with Crippen LogP contribution in [0.3, 0.4) is 0 Å². The fraction of sp³-hybridized carbons (Fsp3) is 0.423. The highest BCUT2D eigenvalue weighted by atomic mass is 28.4. The molecule has 1 heterocycles. The number of carbonyl (C=O) groups is 1. The number of rotatable bonds is 5. The first-order valence-electron chi connectivity index (χ1n) is 11.0. The first-order chi connectivity index (χ1) is 14.9. The first-order valence-corrected chi connectivity index (χ1v) is 12.9. The molecule has 1 saturated heterocycles. The zero-order valence-corrected chi connectivity index (χ0v) is 20.6. The Labute approximate surface area is 190 Å². The fourth-order valence-electron chi connectivity index (χ4n) is 5.12. The minimum atomic E-state index is -2.88. The van der Waals surface area contributed by atoms with E-state index < -0.39 is 37.4 Å². The van der Waals surface area contributed by atoms with Crippen LogP contribution < -0.4 is 10.4 Å². The second-order valence-corrected chi connectivity index (χ2v) is 14.5. The van der Waals surface area contributed by atoms with Gasteiger partial charge in [0.05, 0.1) is 6.61 Å². The van der Waals surface area contributed by atoms with Crippen molar-refractivity contribution in [3.63, 3.8) is 0 Å². The molecule has 0 unspecified atom stereocenters. The van der Waals surface area contributed by atoms with Gasteiger partial charge >= 0.3 is 0 Å². The Bertz CT molecular complexity index is 1000. The van der Waals surface area contributed by atoms with Crippen LogP contribution >= 0.6 is 0 Å². The maximum Gasteiger partial charge on any atom is 0.261 e. The lowest BCUT2D eigenvalue weighted by molar-refractivity contribution is -0.169. The third-order valence-corrected chi connectivity index (χ3v) is 11.5. The summed E-state index contributed by atoms with van der Waals surface area (Å²) in [5.41, 5.74) is -1.13. The first kappa shape index (κ1) is 23.0.